The lowest BCUT2D eigenvalue weighted by molar-refractivity contribution is 0.304. The molecule has 0 spiro atoms. The van der Waals surface area contributed by atoms with E-state index in [0.717, 1.165) is 42.3 Å². The molecule has 4 nitrogen and oxygen atoms in total. The molecule has 4 heteroatoms. The number of rotatable bonds is 10. The summed E-state index contributed by atoms with van der Waals surface area (Å²) in [5, 5.41) is 10.7. The van der Waals surface area contributed by atoms with Crippen LogP contribution in [-0.4, -0.2) is 23.9 Å². The van der Waals surface area contributed by atoms with E-state index in [9.17, 15) is 0 Å². The molecule has 2 rings (SSSR count). The molecule has 0 aliphatic heterocycles. The zero-order chi connectivity index (χ0) is 16.5. The molecule has 126 valence electrons. The lowest BCUT2D eigenvalue weighted by atomic mass is 10.1. The Labute approximate surface area is 139 Å². The van der Waals surface area contributed by atoms with E-state index in [2.05, 4.69) is 41.5 Å². The molecule has 0 fully saturated rings. The van der Waals surface area contributed by atoms with Crippen molar-refractivity contribution in [3.05, 3.63) is 35.5 Å². The maximum Gasteiger partial charge on any atom is 0.119 e. The second-order valence-corrected chi connectivity index (χ2v) is 5.99. The van der Waals surface area contributed by atoms with Crippen LogP contribution in [0.15, 0.2) is 24.3 Å². The minimum absolute atomic E-state index is 0.802. The molecule has 0 aliphatic carbocycles. The fourth-order valence-corrected chi connectivity index (χ4v) is 2.67. The highest BCUT2D eigenvalue weighted by Gasteiger charge is 2.10. The van der Waals surface area contributed by atoms with Crippen molar-refractivity contribution in [3.8, 4) is 17.0 Å². The summed E-state index contributed by atoms with van der Waals surface area (Å²) in [5.74, 6) is 0.938. The van der Waals surface area contributed by atoms with Crippen LogP contribution in [0.2, 0.25) is 0 Å². The van der Waals surface area contributed by atoms with Gasteiger partial charge in [0.25, 0.3) is 0 Å². The summed E-state index contributed by atoms with van der Waals surface area (Å²) in [6.07, 6.45) is 6.31. The van der Waals surface area contributed by atoms with E-state index in [0.29, 0.717) is 0 Å². The largest absolute Gasteiger partial charge is 0.494 e. The third-order valence-corrected chi connectivity index (χ3v) is 4.11. The summed E-state index contributed by atoms with van der Waals surface area (Å²) in [4.78, 5) is 0. The van der Waals surface area contributed by atoms with Crippen LogP contribution < -0.4 is 10.1 Å². The van der Waals surface area contributed by atoms with E-state index in [1.165, 1.54) is 31.2 Å². The second kappa shape index (κ2) is 9.36. The number of ether oxygens (including phenoxy) is 1. The summed E-state index contributed by atoms with van der Waals surface area (Å²) in [6.45, 7) is 5.95. The molecule has 0 saturated heterocycles. The van der Waals surface area contributed by atoms with Gasteiger partial charge >= 0.3 is 0 Å². The molecule has 2 aromatic rings. The molecular weight excluding hydrogens is 286 g/mol. The number of hydrogen-bond acceptors (Lipinski definition) is 3. The van der Waals surface area contributed by atoms with Crippen LogP contribution in [0.4, 0.5) is 0 Å². The number of aromatic nitrogens is 2. The number of nitrogens with zero attached hydrogens (tertiary/aromatic N) is 1. The van der Waals surface area contributed by atoms with Crippen LogP contribution in [0.5, 0.6) is 5.75 Å². The SMILES string of the molecule is CCCCCCCOc1ccc(-c2n[nH]c(CNC)c2C)cc1. The number of aromatic amines is 1. The molecule has 1 heterocycles. The normalized spacial score (nSPS) is 10.9. The van der Waals surface area contributed by atoms with Crippen molar-refractivity contribution in [3.63, 3.8) is 0 Å². The van der Waals surface area contributed by atoms with Crippen LogP contribution >= 0.6 is 0 Å². The molecule has 0 saturated carbocycles. The zero-order valence-corrected chi connectivity index (χ0v) is 14.6. The Morgan fingerprint density at radius 2 is 1.83 bits per heavy atom. The molecule has 1 aromatic heterocycles. The monoisotopic (exact) mass is 315 g/mol. The number of unbranched alkanes of at least 4 members (excludes halogenated alkanes) is 4. The van der Waals surface area contributed by atoms with Crippen LogP contribution in [0.25, 0.3) is 11.3 Å². The first-order chi connectivity index (χ1) is 11.3. The first-order valence-corrected chi connectivity index (χ1v) is 8.68. The Bertz CT molecular complexity index is 575. The Hall–Kier alpha value is -1.81. The first kappa shape index (κ1) is 17.5. The van der Waals surface area contributed by atoms with E-state index < -0.39 is 0 Å². The summed E-state index contributed by atoms with van der Waals surface area (Å²) in [7, 11) is 1.94. The summed E-state index contributed by atoms with van der Waals surface area (Å²) < 4.78 is 5.81. The highest BCUT2D eigenvalue weighted by Crippen LogP contribution is 2.25. The predicted octanol–water partition coefficient (Wildman–Crippen LogP) is 4.45. The van der Waals surface area contributed by atoms with Gasteiger partial charge in [0.15, 0.2) is 0 Å². The van der Waals surface area contributed by atoms with Crippen molar-refractivity contribution < 1.29 is 4.74 Å². The molecule has 23 heavy (non-hydrogen) atoms. The smallest absolute Gasteiger partial charge is 0.119 e. The van der Waals surface area contributed by atoms with Gasteiger partial charge in [-0.05, 0) is 50.2 Å². The van der Waals surface area contributed by atoms with Gasteiger partial charge in [0, 0.05) is 12.1 Å². The quantitative estimate of drug-likeness (QED) is 0.637. The van der Waals surface area contributed by atoms with Gasteiger partial charge in [-0.3, -0.25) is 5.10 Å². The lowest BCUT2D eigenvalue weighted by Gasteiger charge is -2.07. The van der Waals surface area contributed by atoms with Gasteiger partial charge in [0.2, 0.25) is 0 Å². The number of benzene rings is 1. The topological polar surface area (TPSA) is 49.9 Å². The Kier molecular flexibility index (Phi) is 7.14. The van der Waals surface area contributed by atoms with Crippen LogP contribution in [0.3, 0.4) is 0 Å². The van der Waals surface area contributed by atoms with Crippen LogP contribution in [0, 0.1) is 6.92 Å². The molecule has 0 radical (unpaired) electrons. The maximum atomic E-state index is 5.81. The number of hydrogen-bond donors (Lipinski definition) is 2. The highest BCUT2D eigenvalue weighted by molar-refractivity contribution is 5.64. The van der Waals surface area contributed by atoms with Gasteiger partial charge in [-0.15, -0.1) is 0 Å². The van der Waals surface area contributed by atoms with Crippen LogP contribution in [-0.2, 0) is 6.54 Å². The summed E-state index contributed by atoms with van der Waals surface area (Å²) in [6, 6.07) is 8.23. The minimum atomic E-state index is 0.802. The Morgan fingerprint density at radius 3 is 2.52 bits per heavy atom. The van der Waals surface area contributed by atoms with Gasteiger partial charge in [-0.2, -0.15) is 5.10 Å². The summed E-state index contributed by atoms with van der Waals surface area (Å²) in [5.41, 5.74) is 4.47. The van der Waals surface area contributed by atoms with E-state index in [1.807, 2.05) is 19.2 Å². The van der Waals surface area contributed by atoms with Gasteiger partial charge < -0.3 is 10.1 Å². The predicted molar refractivity (Wildman–Crippen MR) is 95.8 cm³/mol. The van der Waals surface area contributed by atoms with Crippen molar-refractivity contribution in [1.29, 1.82) is 0 Å². The standard InChI is InChI=1S/C19H29N3O/c1-4-5-6-7-8-13-23-17-11-9-16(10-12-17)19-15(2)18(14-20-3)21-22-19/h9-12,20H,4-8,13-14H2,1-3H3,(H,21,22). The van der Waals surface area contributed by atoms with E-state index in [-0.39, 0.29) is 0 Å². The Morgan fingerprint density at radius 1 is 1.09 bits per heavy atom. The van der Waals surface area contributed by atoms with Gasteiger partial charge in [0.1, 0.15) is 5.75 Å². The van der Waals surface area contributed by atoms with Gasteiger partial charge in [-0.25, -0.2) is 0 Å². The molecule has 0 unspecified atom stereocenters. The molecule has 0 amide bonds. The first-order valence-electron chi connectivity index (χ1n) is 8.68. The lowest BCUT2D eigenvalue weighted by Crippen LogP contribution is -2.06. The second-order valence-electron chi connectivity index (χ2n) is 5.99. The highest BCUT2D eigenvalue weighted by atomic mass is 16.5. The third kappa shape index (κ3) is 5.10. The fraction of sp³-hybridized carbons (Fsp3) is 0.526. The molecule has 0 atom stereocenters. The molecule has 0 aliphatic rings. The molecule has 0 bridgehead atoms. The van der Waals surface area contributed by atoms with Crippen molar-refractivity contribution in [2.45, 2.75) is 52.5 Å². The molecular formula is C19H29N3O. The van der Waals surface area contributed by atoms with Crippen molar-refractivity contribution in [1.82, 2.24) is 15.5 Å². The average molecular weight is 315 g/mol. The van der Waals surface area contributed by atoms with Gasteiger partial charge in [0.05, 0.1) is 18.0 Å². The summed E-state index contributed by atoms with van der Waals surface area (Å²) >= 11 is 0. The van der Waals surface area contributed by atoms with Crippen molar-refractivity contribution >= 4 is 0 Å². The number of H-pyrrole nitrogens is 1. The fourth-order valence-electron chi connectivity index (χ4n) is 2.67. The van der Waals surface area contributed by atoms with E-state index in [1.54, 1.807) is 0 Å². The van der Waals surface area contributed by atoms with Gasteiger partial charge in [-0.1, -0.05) is 32.6 Å². The average Bonchev–Trinajstić information content (AvgIpc) is 2.93. The molecule has 1 aromatic carbocycles. The van der Waals surface area contributed by atoms with Crippen molar-refractivity contribution in [2.24, 2.45) is 0 Å². The van der Waals surface area contributed by atoms with E-state index >= 15 is 0 Å². The maximum absolute atomic E-state index is 5.81. The zero-order valence-electron chi connectivity index (χ0n) is 14.6. The van der Waals surface area contributed by atoms with Crippen molar-refractivity contribution in [2.75, 3.05) is 13.7 Å². The minimum Gasteiger partial charge on any atom is -0.494 e. The third-order valence-electron chi connectivity index (χ3n) is 4.11. The Balaban J connectivity index is 1.87. The van der Waals surface area contributed by atoms with E-state index in [4.69, 9.17) is 4.74 Å². The number of nitrogens with one attached hydrogen (secondary N) is 2. The molecule has 2 N–H and O–H groups in total. The van der Waals surface area contributed by atoms with Crippen LogP contribution in [0.1, 0.15) is 50.3 Å².